The van der Waals surface area contributed by atoms with Gasteiger partial charge in [-0.15, -0.1) is 0 Å². The number of pyridine rings is 1. The van der Waals surface area contributed by atoms with Crippen molar-refractivity contribution in [2.75, 3.05) is 11.9 Å². The maximum atomic E-state index is 5.47. The average Bonchev–Trinajstić information content (AvgIpc) is 2.74. The van der Waals surface area contributed by atoms with E-state index < -0.39 is 0 Å². The summed E-state index contributed by atoms with van der Waals surface area (Å²) in [6.45, 7) is 2.64. The summed E-state index contributed by atoms with van der Waals surface area (Å²) in [5.41, 5.74) is 1.03. The lowest BCUT2D eigenvalue weighted by Gasteiger charge is -2.15. The van der Waals surface area contributed by atoms with E-state index in [2.05, 4.69) is 10.3 Å². The minimum absolute atomic E-state index is 0.605. The minimum atomic E-state index is 0.605. The summed E-state index contributed by atoms with van der Waals surface area (Å²) in [5, 5.41) is 3.51. The van der Waals surface area contributed by atoms with Crippen molar-refractivity contribution in [3.63, 3.8) is 0 Å². The van der Waals surface area contributed by atoms with Crippen molar-refractivity contribution < 1.29 is 4.74 Å². The molecule has 1 aromatic heterocycles. The number of rotatable bonds is 4. The van der Waals surface area contributed by atoms with Crippen LogP contribution in [0.25, 0.3) is 0 Å². The van der Waals surface area contributed by atoms with Crippen LogP contribution in [0.15, 0.2) is 18.3 Å². The predicted octanol–water partition coefficient (Wildman–Crippen LogP) is 2.83. The first kappa shape index (κ1) is 10.3. The van der Waals surface area contributed by atoms with Crippen molar-refractivity contribution in [2.24, 2.45) is 0 Å². The molecule has 1 aliphatic rings. The molecule has 1 saturated carbocycles. The molecule has 1 N–H and O–H groups in total. The zero-order valence-corrected chi connectivity index (χ0v) is 9.20. The van der Waals surface area contributed by atoms with E-state index in [4.69, 9.17) is 4.74 Å². The maximum Gasteiger partial charge on any atom is 0.237 e. The Bertz CT molecular complexity index is 308. The van der Waals surface area contributed by atoms with Crippen LogP contribution in [0.2, 0.25) is 0 Å². The smallest absolute Gasteiger partial charge is 0.237 e. The molecular formula is C12H18N2O. The first-order valence-corrected chi connectivity index (χ1v) is 5.74. The van der Waals surface area contributed by atoms with Gasteiger partial charge in [0.15, 0.2) is 0 Å². The molecule has 1 fully saturated rings. The molecule has 0 aromatic carbocycles. The van der Waals surface area contributed by atoms with Crippen LogP contribution in [0.5, 0.6) is 5.88 Å². The molecule has 1 aromatic rings. The summed E-state index contributed by atoms with van der Waals surface area (Å²) >= 11 is 0. The van der Waals surface area contributed by atoms with E-state index in [9.17, 15) is 0 Å². The lowest BCUT2D eigenvalue weighted by molar-refractivity contribution is 0.328. The van der Waals surface area contributed by atoms with E-state index in [0.29, 0.717) is 12.6 Å². The number of ether oxygens (including phenoxy) is 1. The maximum absolute atomic E-state index is 5.47. The Hall–Kier alpha value is -1.25. The molecule has 0 radical (unpaired) electrons. The van der Waals surface area contributed by atoms with Gasteiger partial charge in [-0.05, 0) is 31.9 Å². The summed E-state index contributed by atoms with van der Waals surface area (Å²) in [5.74, 6) is 0.729. The van der Waals surface area contributed by atoms with Gasteiger partial charge in [-0.25, -0.2) is 4.98 Å². The van der Waals surface area contributed by atoms with Crippen molar-refractivity contribution in [3.05, 3.63) is 18.3 Å². The topological polar surface area (TPSA) is 34.1 Å². The van der Waals surface area contributed by atoms with Gasteiger partial charge in [-0.2, -0.15) is 0 Å². The van der Waals surface area contributed by atoms with Crippen LogP contribution in [0.1, 0.15) is 32.6 Å². The summed E-state index contributed by atoms with van der Waals surface area (Å²) in [6, 6.07) is 4.59. The molecule has 0 saturated heterocycles. The SMILES string of the molecule is CCOc1ncccc1NC1CCCC1. The van der Waals surface area contributed by atoms with Crippen LogP contribution in [0.3, 0.4) is 0 Å². The highest BCUT2D eigenvalue weighted by Gasteiger charge is 2.16. The minimum Gasteiger partial charge on any atom is -0.476 e. The third-order valence-electron chi connectivity index (χ3n) is 2.77. The second-order valence-corrected chi connectivity index (χ2v) is 3.91. The van der Waals surface area contributed by atoms with Crippen LogP contribution in [0.4, 0.5) is 5.69 Å². The highest BCUT2D eigenvalue weighted by molar-refractivity contribution is 5.52. The van der Waals surface area contributed by atoms with Gasteiger partial charge in [-0.1, -0.05) is 12.8 Å². The Kier molecular flexibility index (Phi) is 3.43. The molecule has 82 valence electrons. The second-order valence-electron chi connectivity index (χ2n) is 3.91. The van der Waals surface area contributed by atoms with E-state index in [1.54, 1.807) is 6.20 Å². The molecule has 0 bridgehead atoms. The van der Waals surface area contributed by atoms with E-state index in [0.717, 1.165) is 11.6 Å². The van der Waals surface area contributed by atoms with Crippen molar-refractivity contribution in [3.8, 4) is 5.88 Å². The van der Waals surface area contributed by atoms with Gasteiger partial charge in [0.2, 0.25) is 5.88 Å². The fraction of sp³-hybridized carbons (Fsp3) is 0.583. The molecular weight excluding hydrogens is 188 g/mol. The Morgan fingerprint density at radius 3 is 3.00 bits per heavy atom. The van der Waals surface area contributed by atoms with Crippen LogP contribution < -0.4 is 10.1 Å². The first-order chi connectivity index (χ1) is 7.40. The van der Waals surface area contributed by atoms with Gasteiger partial charge >= 0.3 is 0 Å². The van der Waals surface area contributed by atoms with Gasteiger partial charge in [0.1, 0.15) is 0 Å². The monoisotopic (exact) mass is 206 g/mol. The lowest BCUT2D eigenvalue weighted by atomic mass is 10.2. The molecule has 1 heterocycles. The van der Waals surface area contributed by atoms with Crippen molar-refractivity contribution in [2.45, 2.75) is 38.6 Å². The third kappa shape index (κ3) is 2.61. The van der Waals surface area contributed by atoms with Crippen molar-refractivity contribution >= 4 is 5.69 Å². The van der Waals surface area contributed by atoms with Gasteiger partial charge in [-0.3, -0.25) is 0 Å². The molecule has 15 heavy (non-hydrogen) atoms. The summed E-state index contributed by atoms with van der Waals surface area (Å²) in [6.07, 6.45) is 6.97. The number of hydrogen-bond acceptors (Lipinski definition) is 3. The summed E-state index contributed by atoms with van der Waals surface area (Å²) in [7, 11) is 0. The fourth-order valence-corrected chi connectivity index (χ4v) is 2.04. The molecule has 3 heteroatoms. The number of nitrogens with zero attached hydrogens (tertiary/aromatic N) is 1. The van der Waals surface area contributed by atoms with Gasteiger partial charge in [0.25, 0.3) is 0 Å². The second kappa shape index (κ2) is 5.01. The number of nitrogens with one attached hydrogen (secondary N) is 1. The number of anilines is 1. The van der Waals surface area contributed by atoms with Gasteiger partial charge in [0.05, 0.1) is 12.3 Å². The Labute approximate surface area is 90.9 Å². The average molecular weight is 206 g/mol. The Balaban J connectivity index is 2.05. The molecule has 3 nitrogen and oxygen atoms in total. The van der Waals surface area contributed by atoms with Gasteiger partial charge < -0.3 is 10.1 Å². The summed E-state index contributed by atoms with van der Waals surface area (Å²) in [4.78, 5) is 4.23. The molecule has 1 aliphatic carbocycles. The lowest BCUT2D eigenvalue weighted by Crippen LogP contribution is -2.15. The Morgan fingerprint density at radius 2 is 2.27 bits per heavy atom. The Morgan fingerprint density at radius 1 is 1.47 bits per heavy atom. The van der Waals surface area contributed by atoms with Crippen LogP contribution in [-0.4, -0.2) is 17.6 Å². The molecule has 2 rings (SSSR count). The van der Waals surface area contributed by atoms with Crippen molar-refractivity contribution in [1.82, 2.24) is 4.98 Å². The molecule has 0 aliphatic heterocycles. The molecule has 0 amide bonds. The van der Waals surface area contributed by atoms with Gasteiger partial charge in [0, 0.05) is 12.2 Å². The van der Waals surface area contributed by atoms with E-state index in [-0.39, 0.29) is 0 Å². The zero-order valence-electron chi connectivity index (χ0n) is 9.20. The van der Waals surface area contributed by atoms with E-state index in [1.165, 1.54) is 25.7 Å². The fourth-order valence-electron chi connectivity index (χ4n) is 2.04. The zero-order chi connectivity index (χ0) is 10.5. The molecule has 0 atom stereocenters. The highest BCUT2D eigenvalue weighted by Crippen LogP contribution is 2.26. The van der Waals surface area contributed by atoms with E-state index in [1.807, 2.05) is 19.1 Å². The molecule has 0 spiro atoms. The highest BCUT2D eigenvalue weighted by atomic mass is 16.5. The molecule has 0 unspecified atom stereocenters. The van der Waals surface area contributed by atoms with Crippen LogP contribution in [-0.2, 0) is 0 Å². The van der Waals surface area contributed by atoms with Crippen LogP contribution >= 0.6 is 0 Å². The number of aromatic nitrogens is 1. The quantitative estimate of drug-likeness (QED) is 0.822. The largest absolute Gasteiger partial charge is 0.476 e. The normalized spacial score (nSPS) is 16.6. The first-order valence-electron chi connectivity index (χ1n) is 5.74. The third-order valence-corrected chi connectivity index (χ3v) is 2.77. The summed E-state index contributed by atoms with van der Waals surface area (Å²) < 4.78 is 5.47. The van der Waals surface area contributed by atoms with E-state index >= 15 is 0 Å². The standard InChI is InChI=1S/C12H18N2O/c1-2-15-12-11(8-5-9-13-12)14-10-6-3-4-7-10/h5,8-10,14H,2-4,6-7H2,1H3. The van der Waals surface area contributed by atoms with Crippen molar-refractivity contribution in [1.29, 1.82) is 0 Å². The predicted molar refractivity (Wildman–Crippen MR) is 61.3 cm³/mol. The number of hydrogen-bond donors (Lipinski definition) is 1. The van der Waals surface area contributed by atoms with Crippen LogP contribution in [0, 0.1) is 0 Å².